The minimum absolute atomic E-state index is 0.164. The third-order valence-electron chi connectivity index (χ3n) is 13.0. The van der Waals surface area contributed by atoms with E-state index in [0.29, 0.717) is 71.9 Å². The summed E-state index contributed by atoms with van der Waals surface area (Å²) in [5.74, 6) is -0.798. The van der Waals surface area contributed by atoms with Crippen molar-refractivity contribution >= 4 is 23.1 Å². The van der Waals surface area contributed by atoms with Crippen LogP contribution in [0.3, 0.4) is 0 Å². The summed E-state index contributed by atoms with van der Waals surface area (Å²) >= 11 is 0. The van der Waals surface area contributed by atoms with Crippen molar-refractivity contribution in [2.75, 3.05) is 0 Å². The Hall–Kier alpha value is -5.30. The molecule has 0 aromatic heterocycles. The number of carbonyl (C=O) groups is 4. The molecular weight excluding hydrogens is 685 g/mol. The summed E-state index contributed by atoms with van der Waals surface area (Å²) in [5.41, 5.74) is 5.13. The van der Waals surface area contributed by atoms with Crippen LogP contribution in [0.2, 0.25) is 0 Å². The van der Waals surface area contributed by atoms with Crippen LogP contribution in [0, 0.1) is 0 Å². The molecule has 4 aliphatic rings. The fourth-order valence-corrected chi connectivity index (χ4v) is 10.00. The molecule has 0 aliphatic heterocycles. The zero-order valence-electron chi connectivity index (χ0n) is 30.9. The lowest BCUT2D eigenvalue weighted by Gasteiger charge is -2.34. The van der Waals surface area contributed by atoms with Gasteiger partial charge in [-0.1, -0.05) is 136 Å². The number of Topliss-reactive ketones (excluding diaryl/α,β-unsaturated/α-hetero) is 2. The number of carbonyl (C=O) groups excluding carboxylic acids is 4. The van der Waals surface area contributed by atoms with Crippen LogP contribution < -0.4 is 0 Å². The van der Waals surface area contributed by atoms with Gasteiger partial charge in [0.05, 0.1) is 0 Å². The maximum atomic E-state index is 14.1. The lowest BCUT2D eigenvalue weighted by molar-refractivity contribution is 0.0116. The van der Waals surface area contributed by atoms with E-state index >= 15 is 0 Å². The summed E-state index contributed by atoms with van der Waals surface area (Å²) < 4.78 is 0. The van der Waals surface area contributed by atoms with Crippen molar-refractivity contribution in [2.45, 2.75) is 93.7 Å². The average molecular weight is 729 g/mol. The number of hydrogen-bond acceptors (Lipinski definition) is 6. The maximum absolute atomic E-state index is 14.1. The molecule has 0 spiro atoms. The second-order valence-corrected chi connectivity index (χ2v) is 16.4. The number of hydrogen-bond donors (Lipinski definition) is 2. The van der Waals surface area contributed by atoms with Gasteiger partial charge >= 0.3 is 0 Å². The zero-order chi connectivity index (χ0) is 38.0. The highest BCUT2D eigenvalue weighted by molar-refractivity contribution is 6.29. The molecule has 5 aromatic rings. The zero-order valence-corrected chi connectivity index (χ0v) is 30.9. The van der Waals surface area contributed by atoms with Gasteiger partial charge in [0.15, 0.2) is 23.1 Å². The second-order valence-electron chi connectivity index (χ2n) is 16.4. The lowest BCUT2D eigenvalue weighted by Crippen LogP contribution is -2.40. The van der Waals surface area contributed by atoms with E-state index in [1.54, 1.807) is 24.3 Å². The van der Waals surface area contributed by atoms with E-state index in [1.165, 1.54) is 0 Å². The Balaban J connectivity index is 1.15. The first-order chi connectivity index (χ1) is 26.6. The summed E-state index contributed by atoms with van der Waals surface area (Å²) in [6.07, 6.45) is 8.33. The molecule has 0 radical (unpaired) electrons. The SMILES string of the molecule is O=C1c2ccccc2C(=O)c2cc3c(cc21)-c1ccccc1C3(Cc1ccc(C(=O)C2(O)CCCCC2)cc1)Cc1ccc(C(=O)C2(O)CCCCC2)cc1. The van der Waals surface area contributed by atoms with E-state index in [0.717, 1.165) is 71.9 Å². The van der Waals surface area contributed by atoms with E-state index in [1.807, 2.05) is 72.8 Å². The summed E-state index contributed by atoms with van der Waals surface area (Å²) in [7, 11) is 0. The summed E-state index contributed by atoms with van der Waals surface area (Å²) in [5, 5.41) is 22.4. The molecule has 0 saturated heterocycles. The fraction of sp³-hybridized carbons (Fsp3) is 0.306. The predicted octanol–water partition coefficient (Wildman–Crippen LogP) is 8.97. The number of benzene rings is 5. The van der Waals surface area contributed by atoms with Crippen molar-refractivity contribution in [3.8, 4) is 11.1 Å². The van der Waals surface area contributed by atoms with Gasteiger partial charge in [0.1, 0.15) is 11.2 Å². The highest BCUT2D eigenvalue weighted by Gasteiger charge is 2.46. The Morgan fingerprint density at radius 1 is 0.455 bits per heavy atom. The van der Waals surface area contributed by atoms with E-state index in [4.69, 9.17) is 0 Å². The first-order valence-electron chi connectivity index (χ1n) is 19.8. The standard InChI is InChI=1S/C49H44O6/c50-43-36-12-3-4-13-37(36)44(51)40-28-42-38(27-39(40)43)35-11-5-6-14-41(35)47(42,29-31-15-19-33(20-16-31)45(52)48(54)23-7-1-8-24-48)30-32-17-21-34(22-18-32)46(53)49(55)25-9-2-10-26-49/h3-6,11-22,27-28,54-55H,1-2,7-10,23-26,29-30H2. The van der Waals surface area contributed by atoms with Crippen LogP contribution in [0.5, 0.6) is 0 Å². The van der Waals surface area contributed by atoms with E-state index in [-0.39, 0.29) is 23.1 Å². The molecule has 0 bridgehead atoms. The normalized spacial score (nSPS) is 18.8. The number of rotatable bonds is 8. The fourth-order valence-electron chi connectivity index (χ4n) is 10.00. The molecule has 0 heterocycles. The van der Waals surface area contributed by atoms with E-state index in [2.05, 4.69) is 12.1 Å². The maximum Gasteiger partial charge on any atom is 0.194 e. The summed E-state index contributed by atoms with van der Waals surface area (Å²) in [6, 6.07) is 34.2. The van der Waals surface area contributed by atoms with Gasteiger partial charge in [-0.15, -0.1) is 0 Å². The van der Waals surface area contributed by atoms with Gasteiger partial charge in [-0.3, -0.25) is 19.2 Å². The van der Waals surface area contributed by atoms with E-state index < -0.39 is 16.6 Å². The molecule has 276 valence electrons. The number of ketones is 4. The van der Waals surface area contributed by atoms with Gasteiger partial charge in [-0.25, -0.2) is 0 Å². The second kappa shape index (κ2) is 13.5. The topological polar surface area (TPSA) is 109 Å². The van der Waals surface area contributed by atoms with Crippen molar-refractivity contribution < 1.29 is 29.4 Å². The largest absolute Gasteiger partial charge is 0.382 e. The van der Waals surface area contributed by atoms with Crippen molar-refractivity contribution in [3.63, 3.8) is 0 Å². The number of aliphatic hydroxyl groups is 2. The first-order valence-corrected chi connectivity index (χ1v) is 19.8. The monoisotopic (exact) mass is 728 g/mol. The third-order valence-corrected chi connectivity index (χ3v) is 13.0. The molecule has 5 aromatic carbocycles. The highest BCUT2D eigenvalue weighted by Crippen LogP contribution is 2.54. The molecule has 0 unspecified atom stereocenters. The minimum atomic E-state index is -1.33. The van der Waals surface area contributed by atoms with Gasteiger partial charge < -0.3 is 10.2 Å². The van der Waals surface area contributed by atoms with Crippen molar-refractivity contribution in [1.82, 2.24) is 0 Å². The van der Waals surface area contributed by atoms with Crippen LogP contribution in [-0.4, -0.2) is 44.5 Å². The predicted molar refractivity (Wildman–Crippen MR) is 211 cm³/mol. The molecule has 9 rings (SSSR count). The van der Waals surface area contributed by atoms with Crippen LogP contribution in [0.4, 0.5) is 0 Å². The Morgan fingerprint density at radius 3 is 1.35 bits per heavy atom. The third kappa shape index (κ3) is 5.85. The first kappa shape index (κ1) is 35.4. The molecule has 0 amide bonds. The van der Waals surface area contributed by atoms with Crippen LogP contribution in [0.1, 0.15) is 139 Å². The molecule has 2 fully saturated rings. The Bertz CT molecular complexity index is 2290. The Morgan fingerprint density at radius 2 is 0.873 bits per heavy atom. The van der Waals surface area contributed by atoms with Crippen LogP contribution in [-0.2, 0) is 18.3 Å². The molecule has 4 aliphatic carbocycles. The van der Waals surface area contributed by atoms with Gasteiger partial charge in [-0.2, -0.15) is 0 Å². The van der Waals surface area contributed by atoms with Crippen molar-refractivity contribution in [2.24, 2.45) is 0 Å². The molecule has 6 nitrogen and oxygen atoms in total. The number of fused-ring (bicyclic) bond motifs is 5. The van der Waals surface area contributed by atoms with Gasteiger partial charge in [0, 0.05) is 38.8 Å². The molecule has 2 N–H and O–H groups in total. The molecular formula is C49H44O6. The van der Waals surface area contributed by atoms with Crippen LogP contribution >= 0.6 is 0 Å². The van der Waals surface area contributed by atoms with Gasteiger partial charge in [-0.05, 0) is 84.0 Å². The minimum Gasteiger partial charge on any atom is -0.382 e. The van der Waals surface area contributed by atoms with Gasteiger partial charge in [0.25, 0.3) is 0 Å². The highest BCUT2D eigenvalue weighted by atomic mass is 16.3. The Kier molecular flexibility index (Phi) is 8.67. The summed E-state index contributed by atoms with van der Waals surface area (Å²) in [4.78, 5) is 55.1. The van der Waals surface area contributed by atoms with E-state index in [9.17, 15) is 29.4 Å². The molecule has 0 atom stereocenters. The van der Waals surface area contributed by atoms with Gasteiger partial charge in [0.2, 0.25) is 0 Å². The quantitative estimate of drug-likeness (QED) is 0.152. The smallest absolute Gasteiger partial charge is 0.194 e. The molecule has 55 heavy (non-hydrogen) atoms. The Labute approximate surface area is 321 Å². The summed E-state index contributed by atoms with van der Waals surface area (Å²) in [6.45, 7) is 0. The molecule has 2 saturated carbocycles. The van der Waals surface area contributed by atoms with Crippen molar-refractivity contribution in [3.05, 3.63) is 165 Å². The lowest BCUT2D eigenvalue weighted by atomic mass is 9.68. The van der Waals surface area contributed by atoms with Crippen molar-refractivity contribution in [1.29, 1.82) is 0 Å². The van der Waals surface area contributed by atoms with Crippen LogP contribution in [0.15, 0.2) is 109 Å². The molecule has 6 heteroatoms. The average Bonchev–Trinajstić information content (AvgIpc) is 3.47. The van der Waals surface area contributed by atoms with Crippen LogP contribution in [0.25, 0.3) is 11.1 Å².